The lowest BCUT2D eigenvalue weighted by atomic mass is 9.87. The minimum atomic E-state index is -0.0945. The van der Waals surface area contributed by atoms with Gasteiger partial charge in [0.1, 0.15) is 5.82 Å². The Kier molecular flexibility index (Phi) is 4.03. The Morgan fingerprint density at radius 1 is 0.929 bits per heavy atom. The topological polar surface area (TPSA) is 61.7 Å². The van der Waals surface area contributed by atoms with Gasteiger partial charge >= 0.3 is 0 Å². The van der Waals surface area contributed by atoms with Gasteiger partial charge in [-0.25, -0.2) is 4.98 Å². The van der Waals surface area contributed by atoms with E-state index in [0.29, 0.717) is 5.82 Å². The van der Waals surface area contributed by atoms with E-state index in [9.17, 15) is 0 Å². The molecule has 4 aromatic heterocycles. The summed E-state index contributed by atoms with van der Waals surface area (Å²) in [7, 11) is 2.13. The van der Waals surface area contributed by atoms with Crippen LogP contribution in [0, 0.1) is 0 Å². The molecular weight excluding hydrogens is 346 g/mol. The normalized spacial score (nSPS) is 12.9. The Bertz CT molecular complexity index is 1170. The first-order chi connectivity index (χ1) is 13.1. The van der Waals surface area contributed by atoms with Gasteiger partial charge in [-0.2, -0.15) is 0 Å². The molecule has 28 heavy (non-hydrogen) atoms. The van der Waals surface area contributed by atoms with Crippen LogP contribution < -0.4 is 5.73 Å². The summed E-state index contributed by atoms with van der Waals surface area (Å²) >= 11 is 0. The van der Waals surface area contributed by atoms with Gasteiger partial charge in [0.05, 0.1) is 22.1 Å². The van der Waals surface area contributed by atoms with Gasteiger partial charge < -0.3 is 14.9 Å². The molecule has 5 heteroatoms. The average Bonchev–Trinajstić information content (AvgIpc) is 3.13. The molecule has 0 aliphatic heterocycles. The summed E-state index contributed by atoms with van der Waals surface area (Å²) in [6, 6.07) is 12.5. The van der Waals surface area contributed by atoms with E-state index in [1.807, 2.05) is 18.3 Å². The highest BCUT2D eigenvalue weighted by atomic mass is 15.0. The van der Waals surface area contributed by atoms with Crippen LogP contribution >= 0.6 is 0 Å². The molecule has 4 aromatic rings. The van der Waals surface area contributed by atoms with E-state index >= 15 is 0 Å². The Hall–Kier alpha value is -2.82. The largest absolute Gasteiger partial charge is 0.384 e. The number of rotatable bonds is 3. The van der Waals surface area contributed by atoms with Crippen LogP contribution in [0.3, 0.4) is 0 Å². The molecule has 0 radical (unpaired) electrons. The van der Waals surface area contributed by atoms with Gasteiger partial charge in [-0.05, 0) is 36.4 Å². The van der Waals surface area contributed by atoms with Crippen molar-refractivity contribution in [3.8, 4) is 0 Å². The highest BCUT2D eigenvalue weighted by Gasteiger charge is 2.30. The van der Waals surface area contributed by atoms with Crippen molar-refractivity contribution in [1.29, 1.82) is 0 Å². The SMILES string of the molecule is Cn1c(C(C)(C)Cn2c(C(C)(C)C)cc3nc(N)ccc32)cc2ncccc21. The number of nitrogens with zero attached hydrogens (tertiary/aromatic N) is 4. The smallest absolute Gasteiger partial charge is 0.124 e. The van der Waals surface area contributed by atoms with Crippen molar-refractivity contribution in [3.05, 3.63) is 54.0 Å². The van der Waals surface area contributed by atoms with E-state index in [1.54, 1.807) is 0 Å². The lowest BCUT2D eigenvalue weighted by Gasteiger charge is -2.30. The minimum absolute atomic E-state index is 0.00597. The fraction of sp³-hybridized carbons (Fsp3) is 0.391. The number of anilines is 1. The molecule has 0 atom stereocenters. The molecule has 4 rings (SSSR count). The third-order valence-corrected chi connectivity index (χ3v) is 5.61. The molecule has 0 unspecified atom stereocenters. The second-order valence-corrected chi connectivity index (χ2v) is 9.39. The number of aromatic nitrogens is 4. The molecule has 0 aliphatic carbocycles. The molecule has 0 saturated carbocycles. The summed E-state index contributed by atoms with van der Waals surface area (Å²) in [6.45, 7) is 12.2. The molecule has 2 N–H and O–H groups in total. The van der Waals surface area contributed by atoms with E-state index in [2.05, 4.69) is 85.0 Å². The first kappa shape index (κ1) is 18.5. The zero-order valence-electron chi connectivity index (χ0n) is 17.6. The van der Waals surface area contributed by atoms with E-state index in [-0.39, 0.29) is 10.8 Å². The third-order valence-electron chi connectivity index (χ3n) is 5.61. The lowest BCUT2D eigenvalue weighted by molar-refractivity contribution is 0.397. The number of nitrogen functional groups attached to an aromatic ring is 1. The highest BCUT2D eigenvalue weighted by Crippen LogP contribution is 2.35. The number of nitrogens with two attached hydrogens (primary N) is 1. The average molecular weight is 376 g/mol. The second-order valence-electron chi connectivity index (χ2n) is 9.39. The highest BCUT2D eigenvalue weighted by molar-refractivity contribution is 5.80. The van der Waals surface area contributed by atoms with E-state index < -0.39 is 0 Å². The minimum Gasteiger partial charge on any atom is -0.384 e. The predicted molar refractivity (Wildman–Crippen MR) is 117 cm³/mol. The Labute approximate surface area is 166 Å². The van der Waals surface area contributed by atoms with Crippen LogP contribution in [0.4, 0.5) is 5.82 Å². The first-order valence-electron chi connectivity index (χ1n) is 9.75. The molecule has 0 saturated heterocycles. The molecule has 0 spiro atoms. The number of fused-ring (bicyclic) bond motifs is 2. The molecule has 0 amide bonds. The maximum atomic E-state index is 5.94. The Balaban J connectivity index is 1.87. The summed E-state index contributed by atoms with van der Waals surface area (Å²) in [4.78, 5) is 9.11. The van der Waals surface area contributed by atoms with Gasteiger partial charge in [-0.1, -0.05) is 34.6 Å². The number of hydrogen-bond acceptors (Lipinski definition) is 3. The fourth-order valence-corrected chi connectivity index (χ4v) is 4.23. The fourth-order valence-electron chi connectivity index (χ4n) is 4.23. The van der Waals surface area contributed by atoms with Crippen molar-refractivity contribution >= 4 is 27.9 Å². The molecule has 5 nitrogen and oxygen atoms in total. The standard InChI is InChI=1S/C23H29N5/c1-22(2,3)19-13-16-18(9-10-21(24)26-16)28(19)14-23(4,5)20-12-15-17(27(20)6)8-7-11-25-15/h7-13H,14H2,1-6H3,(H2,24,26). The molecule has 0 aliphatic rings. The van der Waals surface area contributed by atoms with E-state index in [0.717, 1.165) is 28.6 Å². The second kappa shape index (κ2) is 6.09. The van der Waals surface area contributed by atoms with Crippen molar-refractivity contribution in [3.63, 3.8) is 0 Å². The van der Waals surface area contributed by atoms with Crippen LogP contribution in [-0.4, -0.2) is 19.1 Å². The Morgan fingerprint density at radius 3 is 2.32 bits per heavy atom. The van der Waals surface area contributed by atoms with Gasteiger partial charge in [0.2, 0.25) is 0 Å². The Morgan fingerprint density at radius 2 is 1.64 bits per heavy atom. The van der Waals surface area contributed by atoms with Gasteiger partial charge in [-0.15, -0.1) is 0 Å². The van der Waals surface area contributed by atoms with Crippen LogP contribution in [0.2, 0.25) is 0 Å². The molecule has 0 aromatic carbocycles. The van der Waals surface area contributed by atoms with Crippen molar-refractivity contribution in [1.82, 2.24) is 19.1 Å². The monoisotopic (exact) mass is 375 g/mol. The van der Waals surface area contributed by atoms with Crippen molar-refractivity contribution in [2.75, 3.05) is 5.73 Å². The molecule has 0 fully saturated rings. The van der Waals surface area contributed by atoms with Gasteiger partial charge in [-0.3, -0.25) is 4.98 Å². The summed E-state index contributed by atoms with van der Waals surface area (Å²) in [5.41, 5.74) is 12.7. The zero-order chi connectivity index (χ0) is 20.3. The summed E-state index contributed by atoms with van der Waals surface area (Å²) in [6.07, 6.45) is 1.85. The van der Waals surface area contributed by atoms with E-state index in [4.69, 9.17) is 5.73 Å². The number of aryl methyl sites for hydroxylation is 1. The quantitative estimate of drug-likeness (QED) is 0.560. The van der Waals surface area contributed by atoms with Gasteiger partial charge in [0.15, 0.2) is 0 Å². The van der Waals surface area contributed by atoms with Crippen LogP contribution in [0.25, 0.3) is 22.1 Å². The van der Waals surface area contributed by atoms with Gasteiger partial charge in [0.25, 0.3) is 0 Å². The maximum Gasteiger partial charge on any atom is 0.124 e. The summed E-state index contributed by atoms with van der Waals surface area (Å²) in [5, 5.41) is 0. The first-order valence-corrected chi connectivity index (χ1v) is 9.75. The van der Waals surface area contributed by atoms with Crippen molar-refractivity contribution < 1.29 is 0 Å². The van der Waals surface area contributed by atoms with Gasteiger partial charge in [0, 0.05) is 42.0 Å². The molecule has 4 heterocycles. The summed E-state index contributed by atoms with van der Waals surface area (Å²) < 4.78 is 4.67. The predicted octanol–water partition coefficient (Wildman–Crippen LogP) is 4.78. The molecule has 146 valence electrons. The van der Waals surface area contributed by atoms with E-state index in [1.165, 1.54) is 11.4 Å². The van der Waals surface area contributed by atoms with Crippen molar-refractivity contribution in [2.45, 2.75) is 52.0 Å². The van der Waals surface area contributed by atoms with Crippen LogP contribution in [0.5, 0.6) is 0 Å². The van der Waals surface area contributed by atoms with Crippen LogP contribution in [0.1, 0.15) is 46.0 Å². The summed E-state index contributed by atoms with van der Waals surface area (Å²) in [5.74, 6) is 0.559. The zero-order valence-corrected chi connectivity index (χ0v) is 17.6. The van der Waals surface area contributed by atoms with Crippen LogP contribution in [-0.2, 0) is 24.4 Å². The van der Waals surface area contributed by atoms with Crippen molar-refractivity contribution in [2.24, 2.45) is 7.05 Å². The van der Waals surface area contributed by atoms with Crippen LogP contribution in [0.15, 0.2) is 42.6 Å². The third kappa shape index (κ3) is 2.95. The molecular formula is C23H29N5. The number of hydrogen-bond donors (Lipinski definition) is 1. The maximum absolute atomic E-state index is 5.94. The number of pyridine rings is 2. The lowest BCUT2D eigenvalue weighted by Crippen LogP contribution is -2.29. The molecule has 0 bridgehead atoms.